The Morgan fingerprint density at radius 1 is 1.11 bits per heavy atom. The van der Waals surface area contributed by atoms with Gasteiger partial charge >= 0.3 is 6.36 Å². The van der Waals surface area contributed by atoms with E-state index >= 15 is 0 Å². The van der Waals surface area contributed by atoms with E-state index in [1.807, 2.05) is 0 Å². The van der Waals surface area contributed by atoms with Gasteiger partial charge in [0, 0.05) is 29.8 Å². The van der Waals surface area contributed by atoms with Crippen molar-refractivity contribution in [3.8, 4) is 11.5 Å². The number of hydrogen-bond acceptors (Lipinski definition) is 5. The quantitative estimate of drug-likeness (QED) is 0.454. The van der Waals surface area contributed by atoms with Gasteiger partial charge in [0.15, 0.2) is 0 Å². The largest absolute Gasteiger partial charge is 0.573 e. The molecule has 0 spiro atoms. The summed E-state index contributed by atoms with van der Waals surface area (Å²) >= 11 is 0. The molecule has 1 atom stereocenters. The molecule has 2 aromatic carbocycles. The monoisotopic (exact) mass is 481 g/mol. The van der Waals surface area contributed by atoms with Gasteiger partial charge in [-0.1, -0.05) is 18.2 Å². The molecular weight excluding hydrogens is 463 g/mol. The fraction of sp³-hybridized carbons (Fsp3) is 0.160. The molecule has 7 nitrogen and oxygen atoms in total. The highest BCUT2D eigenvalue weighted by atomic mass is 19.4. The first-order valence-corrected chi connectivity index (χ1v) is 10.6. The van der Waals surface area contributed by atoms with Gasteiger partial charge < -0.3 is 19.8 Å². The number of hydrogen-bond donors (Lipinski definition) is 2. The van der Waals surface area contributed by atoms with E-state index in [4.69, 9.17) is 4.74 Å². The molecular formula is C25H18F3N3O4. The smallest absolute Gasteiger partial charge is 0.491 e. The molecule has 1 aliphatic rings. The van der Waals surface area contributed by atoms with Gasteiger partial charge in [0.1, 0.15) is 22.7 Å². The number of amides is 1. The summed E-state index contributed by atoms with van der Waals surface area (Å²) in [6.07, 6.45) is -1.48. The average Bonchev–Trinajstić information content (AvgIpc) is 2.84. The molecule has 1 aliphatic heterocycles. The molecule has 2 N–H and O–H groups in total. The van der Waals surface area contributed by atoms with Crippen LogP contribution >= 0.6 is 0 Å². The second kappa shape index (κ2) is 8.46. The van der Waals surface area contributed by atoms with Gasteiger partial charge in [0.25, 0.3) is 11.5 Å². The maximum atomic E-state index is 13.4. The number of aromatic nitrogens is 2. The predicted molar refractivity (Wildman–Crippen MR) is 120 cm³/mol. The number of benzene rings is 2. The van der Waals surface area contributed by atoms with Crippen LogP contribution in [-0.4, -0.2) is 28.8 Å². The summed E-state index contributed by atoms with van der Waals surface area (Å²) in [4.78, 5) is 32.7. The van der Waals surface area contributed by atoms with Crippen molar-refractivity contribution in [2.24, 2.45) is 0 Å². The Hall–Kier alpha value is -4.34. The first kappa shape index (κ1) is 22.5. The molecule has 10 heteroatoms. The van der Waals surface area contributed by atoms with Gasteiger partial charge in [0.05, 0.1) is 6.61 Å². The first-order valence-electron chi connectivity index (χ1n) is 10.6. The lowest BCUT2D eigenvalue weighted by Crippen LogP contribution is -2.50. The average molecular weight is 481 g/mol. The number of aromatic amines is 1. The third kappa shape index (κ3) is 4.30. The minimum atomic E-state index is -4.83. The number of carbonyl (C=O) groups excluding carboxylic acids is 1. The van der Waals surface area contributed by atoms with Crippen molar-refractivity contribution < 1.29 is 27.4 Å². The van der Waals surface area contributed by atoms with Crippen molar-refractivity contribution in [1.82, 2.24) is 15.3 Å². The number of fused-ring (bicyclic) bond motifs is 2. The summed E-state index contributed by atoms with van der Waals surface area (Å²) < 4.78 is 47.6. The van der Waals surface area contributed by atoms with Crippen LogP contribution in [0.15, 0.2) is 77.9 Å². The highest BCUT2D eigenvalue weighted by Gasteiger charge is 2.43. The molecule has 0 saturated heterocycles. The maximum Gasteiger partial charge on any atom is 0.573 e. The fourth-order valence-electron chi connectivity index (χ4n) is 4.27. The van der Waals surface area contributed by atoms with Gasteiger partial charge in [-0.2, -0.15) is 0 Å². The summed E-state index contributed by atoms with van der Waals surface area (Å²) in [7, 11) is 0. The van der Waals surface area contributed by atoms with Crippen LogP contribution in [0, 0.1) is 0 Å². The Morgan fingerprint density at radius 3 is 2.69 bits per heavy atom. The van der Waals surface area contributed by atoms with Gasteiger partial charge in [-0.25, -0.2) is 0 Å². The molecule has 1 unspecified atom stereocenters. The molecule has 178 valence electrons. The van der Waals surface area contributed by atoms with Crippen LogP contribution in [-0.2, 0) is 5.54 Å². The molecule has 35 heavy (non-hydrogen) atoms. The van der Waals surface area contributed by atoms with E-state index in [0.717, 1.165) is 0 Å². The molecule has 4 aromatic rings. The number of alkyl halides is 3. The Balaban J connectivity index is 1.58. The van der Waals surface area contributed by atoms with Crippen molar-refractivity contribution in [2.75, 3.05) is 6.61 Å². The third-order valence-electron chi connectivity index (χ3n) is 5.85. The van der Waals surface area contributed by atoms with Crippen molar-refractivity contribution in [3.63, 3.8) is 0 Å². The zero-order valence-corrected chi connectivity index (χ0v) is 18.1. The SMILES string of the molecule is O=C(NC1(c2ccc(OC(F)(F)F)cc2)CCOc2cccnc21)c1ccc2cc[nH]c(=O)c2c1. The number of ether oxygens (including phenoxy) is 2. The lowest BCUT2D eigenvalue weighted by molar-refractivity contribution is -0.274. The maximum absolute atomic E-state index is 13.4. The minimum Gasteiger partial charge on any atom is -0.491 e. The normalized spacial score (nSPS) is 17.3. The van der Waals surface area contributed by atoms with Crippen LogP contribution in [0.1, 0.15) is 28.0 Å². The molecule has 0 radical (unpaired) electrons. The van der Waals surface area contributed by atoms with E-state index in [-0.39, 0.29) is 29.9 Å². The molecule has 5 rings (SSSR count). The van der Waals surface area contributed by atoms with Crippen LogP contribution in [0.5, 0.6) is 11.5 Å². The minimum absolute atomic E-state index is 0.233. The van der Waals surface area contributed by atoms with Crippen LogP contribution in [0.3, 0.4) is 0 Å². The summed E-state index contributed by atoms with van der Waals surface area (Å²) in [6, 6.07) is 15.2. The van der Waals surface area contributed by atoms with Crippen LogP contribution in [0.4, 0.5) is 13.2 Å². The van der Waals surface area contributed by atoms with Gasteiger partial charge in [0.2, 0.25) is 0 Å². The number of H-pyrrole nitrogens is 1. The molecule has 1 amide bonds. The Morgan fingerprint density at radius 2 is 1.91 bits per heavy atom. The fourth-order valence-corrected chi connectivity index (χ4v) is 4.27. The lowest BCUT2D eigenvalue weighted by atomic mass is 9.81. The standard InChI is InChI=1S/C25H18F3N3O4/c26-25(27,28)35-18-7-5-17(6-8-18)24(10-13-34-20-2-1-11-29-21(20)24)31-22(32)16-4-3-15-9-12-30-23(33)19(15)14-16/h1-9,11-12,14H,10,13H2,(H,30,33)(H,31,32). The van der Waals surface area contributed by atoms with Crippen molar-refractivity contribution in [3.05, 3.63) is 100 Å². The molecule has 2 aromatic heterocycles. The Bertz CT molecular complexity index is 1470. The summed E-state index contributed by atoms with van der Waals surface area (Å²) in [6.45, 7) is 0.233. The summed E-state index contributed by atoms with van der Waals surface area (Å²) in [5, 5.41) is 4.05. The second-order valence-corrected chi connectivity index (χ2v) is 7.99. The van der Waals surface area contributed by atoms with Crippen LogP contribution < -0.4 is 20.3 Å². The number of halogens is 3. The molecule has 0 saturated carbocycles. The van der Waals surface area contributed by atoms with Gasteiger partial charge in [-0.15, -0.1) is 13.2 Å². The summed E-state index contributed by atoms with van der Waals surface area (Å²) in [5.41, 5.74) is -0.356. The second-order valence-electron chi connectivity index (χ2n) is 7.99. The number of rotatable bonds is 4. The topological polar surface area (TPSA) is 93.3 Å². The highest BCUT2D eigenvalue weighted by Crippen LogP contribution is 2.41. The van der Waals surface area contributed by atoms with Crippen molar-refractivity contribution in [2.45, 2.75) is 18.3 Å². The zero-order valence-electron chi connectivity index (χ0n) is 18.1. The number of carbonyl (C=O) groups is 1. The molecule has 0 aliphatic carbocycles. The van der Waals surface area contributed by atoms with Crippen molar-refractivity contribution in [1.29, 1.82) is 0 Å². The highest BCUT2D eigenvalue weighted by molar-refractivity contribution is 5.99. The van der Waals surface area contributed by atoms with E-state index in [1.165, 1.54) is 36.5 Å². The van der Waals surface area contributed by atoms with Crippen LogP contribution in [0.25, 0.3) is 10.8 Å². The van der Waals surface area contributed by atoms with Crippen molar-refractivity contribution >= 4 is 16.7 Å². The molecule has 0 bridgehead atoms. The lowest BCUT2D eigenvalue weighted by Gasteiger charge is -2.39. The van der Waals surface area contributed by atoms with Crippen LogP contribution in [0.2, 0.25) is 0 Å². The van der Waals surface area contributed by atoms with Gasteiger partial charge in [-0.3, -0.25) is 14.6 Å². The Kier molecular flexibility index (Phi) is 5.43. The first-order chi connectivity index (χ1) is 16.7. The third-order valence-corrected chi connectivity index (χ3v) is 5.85. The van der Waals surface area contributed by atoms with Gasteiger partial charge in [-0.05, 0) is 53.4 Å². The van der Waals surface area contributed by atoms with E-state index < -0.39 is 17.8 Å². The Labute approximate surface area is 196 Å². The van der Waals surface area contributed by atoms with E-state index in [1.54, 1.807) is 36.5 Å². The van der Waals surface area contributed by atoms with E-state index in [2.05, 4.69) is 20.0 Å². The molecule has 0 fully saturated rings. The molecule has 3 heterocycles. The van der Waals surface area contributed by atoms with E-state index in [0.29, 0.717) is 27.8 Å². The predicted octanol–water partition coefficient (Wildman–Crippen LogP) is 4.28. The number of nitrogens with zero attached hydrogens (tertiary/aromatic N) is 1. The number of nitrogens with one attached hydrogen (secondary N) is 2. The summed E-state index contributed by atoms with van der Waals surface area (Å²) in [5.74, 6) is -0.418. The number of pyridine rings is 2. The van der Waals surface area contributed by atoms with E-state index in [9.17, 15) is 22.8 Å². The zero-order chi connectivity index (χ0) is 24.6.